The summed E-state index contributed by atoms with van der Waals surface area (Å²) in [4.78, 5) is 0. The van der Waals surface area contributed by atoms with Crippen molar-refractivity contribution >= 4 is 0 Å². The van der Waals surface area contributed by atoms with Crippen LogP contribution in [0.5, 0.6) is 11.5 Å². The number of aliphatic hydroxyl groups excluding tert-OH is 1. The number of hydrogen-bond acceptors (Lipinski definition) is 6. The zero-order chi connectivity index (χ0) is 24.5. The molecule has 1 heterocycles. The molecule has 1 saturated heterocycles. The highest BCUT2D eigenvalue weighted by Gasteiger charge is 2.34. The summed E-state index contributed by atoms with van der Waals surface area (Å²) in [6, 6.07) is 16.7. The molecular weight excluding hydrogens is 444 g/mol. The lowest BCUT2D eigenvalue weighted by Crippen LogP contribution is -2.27. The maximum atomic E-state index is 9.02. The molecule has 0 aromatic heterocycles. The van der Waals surface area contributed by atoms with E-state index in [9.17, 15) is 0 Å². The van der Waals surface area contributed by atoms with Crippen LogP contribution in [-0.2, 0) is 19.6 Å². The highest BCUT2D eigenvalue weighted by Crippen LogP contribution is 2.43. The van der Waals surface area contributed by atoms with Crippen LogP contribution < -0.4 is 9.47 Å². The summed E-state index contributed by atoms with van der Waals surface area (Å²) in [7, 11) is 0. The van der Waals surface area contributed by atoms with Gasteiger partial charge in [0, 0.05) is 31.5 Å². The highest BCUT2D eigenvalue weighted by atomic mass is 16.7. The molecule has 2 atom stereocenters. The quantitative estimate of drug-likeness (QED) is 0.229. The molecule has 35 heavy (non-hydrogen) atoms. The minimum Gasteiger partial charge on any atom is -0.498 e. The third-order valence-electron chi connectivity index (χ3n) is 6.56. The standard InChI is InChI=1S/C29H36O6/c1-3-31-21-35-27-15-9-24(10-16-27)29(2,22-5-11-25(12-6-22)32-18-4-17-30)23-7-13-26(14-8-23)33-19-28-20-34-28/h5,7-11,13-16,28,30H,3-4,6,12,17-21H2,1-2H3. The normalized spacial score (nSPS) is 18.8. The predicted molar refractivity (Wildman–Crippen MR) is 135 cm³/mol. The van der Waals surface area contributed by atoms with Gasteiger partial charge in [-0.2, -0.15) is 0 Å². The maximum Gasteiger partial charge on any atom is 0.189 e. The van der Waals surface area contributed by atoms with Gasteiger partial charge in [0.1, 0.15) is 24.2 Å². The molecule has 4 rings (SSSR count). The average Bonchev–Trinajstić information content (AvgIpc) is 3.73. The second-order valence-electron chi connectivity index (χ2n) is 8.95. The maximum absolute atomic E-state index is 9.02. The molecule has 0 bridgehead atoms. The number of allylic oxidation sites excluding steroid dienone is 4. The number of epoxide rings is 1. The summed E-state index contributed by atoms with van der Waals surface area (Å²) in [5, 5.41) is 9.02. The van der Waals surface area contributed by atoms with Crippen molar-refractivity contribution in [2.75, 3.05) is 39.8 Å². The molecule has 0 spiro atoms. The van der Waals surface area contributed by atoms with Gasteiger partial charge in [0.25, 0.3) is 0 Å². The molecule has 1 aliphatic carbocycles. The SMILES string of the molecule is CCOCOc1ccc(C(C)(C2=CC=C(OCCCO)CC2)c2ccc(OCC3CO3)cc2)cc1. The number of ether oxygens (including phenoxy) is 5. The van der Waals surface area contributed by atoms with Gasteiger partial charge in [-0.1, -0.05) is 35.9 Å². The Labute approximate surface area is 208 Å². The van der Waals surface area contributed by atoms with E-state index in [2.05, 4.69) is 43.3 Å². The summed E-state index contributed by atoms with van der Waals surface area (Å²) in [6.45, 7) is 7.15. The number of aliphatic hydroxyl groups is 1. The molecule has 1 N–H and O–H groups in total. The van der Waals surface area contributed by atoms with Crippen LogP contribution >= 0.6 is 0 Å². The zero-order valence-electron chi connectivity index (χ0n) is 20.7. The zero-order valence-corrected chi connectivity index (χ0v) is 20.7. The Morgan fingerprint density at radius 2 is 1.57 bits per heavy atom. The lowest BCUT2D eigenvalue weighted by Gasteiger charge is -2.35. The van der Waals surface area contributed by atoms with Crippen LogP contribution in [0.2, 0.25) is 0 Å². The van der Waals surface area contributed by atoms with E-state index >= 15 is 0 Å². The van der Waals surface area contributed by atoms with Crippen LogP contribution in [-0.4, -0.2) is 51.0 Å². The number of hydrogen-bond donors (Lipinski definition) is 1. The summed E-state index contributed by atoms with van der Waals surface area (Å²) in [5.74, 6) is 2.60. The molecular formula is C29H36O6. The van der Waals surface area contributed by atoms with Gasteiger partial charge in [0.2, 0.25) is 0 Å². The minimum absolute atomic E-state index is 0.143. The van der Waals surface area contributed by atoms with E-state index in [1.54, 1.807) is 0 Å². The second-order valence-corrected chi connectivity index (χ2v) is 8.95. The molecule has 2 aromatic carbocycles. The van der Waals surface area contributed by atoms with Gasteiger partial charge in [-0.05, 0) is 61.7 Å². The van der Waals surface area contributed by atoms with Crippen LogP contribution in [0.4, 0.5) is 0 Å². The summed E-state index contributed by atoms with van der Waals surface area (Å²) in [5.41, 5.74) is 3.37. The lowest BCUT2D eigenvalue weighted by atomic mass is 9.68. The molecule has 1 aliphatic heterocycles. The molecule has 6 nitrogen and oxygen atoms in total. The Balaban J connectivity index is 1.59. The van der Waals surface area contributed by atoms with Gasteiger partial charge in [-0.15, -0.1) is 0 Å². The fourth-order valence-electron chi connectivity index (χ4n) is 4.28. The Hall–Kier alpha value is -2.80. The van der Waals surface area contributed by atoms with E-state index in [0.717, 1.165) is 36.7 Å². The lowest BCUT2D eigenvalue weighted by molar-refractivity contribution is 0.0224. The Bertz CT molecular complexity index is 991. The fraction of sp³-hybridized carbons (Fsp3) is 0.448. The van der Waals surface area contributed by atoms with Gasteiger partial charge in [0.05, 0.1) is 19.0 Å². The largest absolute Gasteiger partial charge is 0.498 e. The summed E-state index contributed by atoms with van der Waals surface area (Å²) < 4.78 is 27.9. The first-order valence-electron chi connectivity index (χ1n) is 12.4. The molecule has 2 aromatic rings. The molecule has 2 aliphatic rings. The van der Waals surface area contributed by atoms with E-state index in [1.165, 1.54) is 16.7 Å². The van der Waals surface area contributed by atoms with Gasteiger partial charge in [-0.3, -0.25) is 0 Å². The topological polar surface area (TPSA) is 69.7 Å². The van der Waals surface area contributed by atoms with Gasteiger partial charge in [0.15, 0.2) is 6.79 Å². The van der Waals surface area contributed by atoms with E-state index in [-0.39, 0.29) is 24.9 Å². The van der Waals surface area contributed by atoms with Crippen LogP contribution in [0.25, 0.3) is 0 Å². The van der Waals surface area contributed by atoms with Crippen molar-refractivity contribution in [2.45, 2.75) is 44.6 Å². The first-order chi connectivity index (χ1) is 17.1. The Morgan fingerprint density at radius 1 is 0.914 bits per heavy atom. The first kappa shape index (κ1) is 25.3. The summed E-state index contributed by atoms with van der Waals surface area (Å²) >= 11 is 0. The van der Waals surface area contributed by atoms with Crippen molar-refractivity contribution in [3.63, 3.8) is 0 Å². The first-order valence-corrected chi connectivity index (χ1v) is 12.4. The smallest absolute Gasteiger partial charge is 0.189 e. The molecule has 0 amide bonds. The van der Waals surface area contributed by atoms with E-state index < -0.39 is 0 Å². The van der Waals surface area contributed by atoms with E-state index in [0.29, 0.717) is 26.2 Å². The molecule has 188 valence electrons. The van der Waals surface area contributed by atoms with Crippen LogP contribution in [0.15, 0.2) is 72.0 Å². The third kappa shape index (κ3) is 6.66. The molecule has 0 radical (unpaired) electrons. The Morgan fingerprint density at radius 3 is 2.11 bits per heavy atom. The molecule has 1 fully saturated rings. The second kappa shape index (κ2) is 12.2. The van der Waals surface area contributed by atoms with Crippen LogP contribution in [0.3, 0.4) is 0 Å². The number of benzene rings is 2. The van der Waals surface area contributed by atoms with Gasteiger partial charge >= 0.3 is 0 Å². The third-order valence-corrected chi connectivity index (χ3v) is 6.56. The van der Waals surface area contributed by atoms with Gasteiger partial charge < -0.3 is 28.8 Å². The van der Waals surface area contributed by atoms with Crippen molar-refractivity contribution in [1.29, 1.82) is 0 Å². The molecule has 0 saturated carbocycles. The van der Waals surface area contributed by atoms with Crippen molar-refractivity contribution in [3.8, 4) is 11.5 Å². The van der Waals surface area contributed by atoms with Crippen LogP contribution in [0.1, 0.15) is 44.2 Å². The minimum atomic E-state index is -0.330. The molecule has 2 unspecified atom stereocenters. The monoisotopic (exact) mass is 480 g/mol. The van der Waals surface area contributed by atoms with Gasteiger partial charge in [-0.25, -0.2) is 0 Å². The molecule has 6 heteroatoms. The van der Waals surface area contributed by atoms with E-state index in [1.807, 2.05) is 31.2 Å². The van der Waals surface area contributed by atoms with Crippen molar-refractivity contribution in [1.82, 2.24) is 0 Å². The van der Waals surface area contributed by atoms with Crippen molar-refractivity contribution in [3.05, 3.63) is 83.1 Å². The average molecular weight is 481 g/mol. The van der Waals surface area contributed by atoms with Crippen molar-refractivity contribution in [2.24, 2.45) is 0 Å². The van der Waals surface area contributed by atoms with Crippen LogP contribution in [0, 0.1) is 0 Å². The Kier molecular flexibility index (Phi) is 8.85. The van der Waals surface area contributed by atoms with E-state index in [4.69, 9.17) is 28.8 Å². The van der Waals surface area contributed by atoms with Crippen molar-refractivity contribution < 1.29 is 28.8 Å². The highest BCUT2D eigenvalue weighted by molar-refractivity contribution is 5.51. The number of rotatable bonds is 14. The predicted octanol–water partition coefficient (Wildman–Crippen LogP) is 5.15. The fourth-order valence-corrected chi connectivity index (χ4v) is 4.28. The summed E-state index contributed by atoms with van der Waals surface area (Å²) in [6.07, 6.45) is 6.86.